The molecule has 0 aromatic carbocycles. The number of hydrogen-bond donors (Lipinski definition) is 2. The van der Waals surface area contributed by atoms with Crippen molar-refractivity contribution in [3.05, 3.63) is 23.9 Å². The summed E-state index contributed by atoms with van der Waals surface area (Å²) in [5.74, 6) is 0.848. The Morgan fingerprint density at radius 2 is 0.758 bits per heavy atom. The summed E-state index contributed by atoms with van der Waals surface area (Å²) in [7, 11) is 0. The Kier molecular flexibility index (Phi) is 24.6. The Hall–Kier alpha value is -1.12. The maximum absolute atomic E-state index is 10.2. The fourth-order valence-corrected chi connectivity index (χ4v) is 4.24. The fourth-order valence-electron chi connectivity index (χ4n) is 4.24. The van der Waals surface area contributed by atoms with Gasteiger partial charge in [-0.3, -0.25) is 0 Å². The minimum absolute atomic E-state index is 0.424. The molecule has 0 aliphatic heterocycles. The number of rotatable bonds is 25. The molecule has 0 aliphatic rings. The third-order valence-electron chi connectivity index (χ3n) is 6.47. The van der Waals surface area contributed by atoms with Crippen molar-refractivity contribution in [2.75, 3.05) is 6.54 Å². The molecular weight excluding hydrogens is 406 g/mol. The number of hydrogen-bond acceptors (Lipinski definition) is 3. The van der Waals surface area contributed by atoms with E-state index in [0.29, 0.717) is 11.5 Å². The first-order chi connectivity index (χ1) is 16.1. The topological polar surface area (TPSA) is 43.7 Å². The van der Waals surface area contributed by atoms with Gasteiger partial charge in [-0.1, -0.05) is 130 Å². The molecule has 0 unspecified atom stereocenters. The van der Waals surface area contributed by atoms with E-state index in [0.717, 1.165) is 51.5 Å². The molecule has 0 aliphatic carbocycles. The molecule has 196 valence electrons. The van der Waals surface area contributed by atoms with Gasteiger partial charge in [-0.05, 0) is 19.3 Å². The number of aliphatic hydroxyl groups excluding tert-OH is 2. The van der Waals surface area contributed by atoms with Crippen molar-refractivity contribution < 1.29 is 10.2 Å². The summed E-state index contributed by atoms with van der Waals surface area (Å²) >= 11 is 0. The minimum atomic E-state index is 0.424. The molecule has 0 aromatic heterocycles. The lowest BCUT2D eigenvalue weighted by molar-refractivity contribution is 0.336. The van der Waals surface area contributed by atoms with E-state index in [1.165, 1.54) is 96.3 Å². The molecule has 0 saturated heterocycles. The predicted octanol–water partition coefficient (Wildman–Crippen LogP) is 10.7. The molecule has 3 nitrogen and oxygen atoms in total. The van der Waals surface area contributed by atoms with Crippen molar-refractivity contribution in [3.8, 4) is 0 Å². The highest BCUT2D eigenvalue weighted by Crippen LogP contribution is 2.15. The zero-order valence-electron chi connectivity index (χ0n) is 22.8. The van der Waals surface area contributed by atoms with E-state index in [2.05, 4.69) is 20.8 Å². The summed E-state index contributed by atoms with van der Waals surface area (Å²) in [6, 6.07) is 0. The predicted molar refractivity (Wildman–Crippen MR) is 147 cm³/mol. The Morgan fingerprint density at radius 1 is 0.455 bits per heavy atom. The maximum Gasteiger partial charge on any atom is 0.108 e. The third kappa shape index (κ3) is 23.8. The molecule has 2 N–H and O–H groups in total. The normalized spacial score (nSPS) is 12.5. The van der Waals surface area contributed by atoms with Gasteiger partial charge in [0.15, 0.2) is 0 Å². The second kappa shape index (κ2) is 25.5. The van der Waals surface area contributed by atoms with Crippen molar-refractivity contribution in [1.29, 1.82) is 0 Å². The van der Waals surface area contributed by atoms with Crippen LogP contribution in [-0.4, -0.2) is 21.7 Å². The Labute approximate surface area is 207 Å². The molecule has 0 fully saturated rings. The lowest BCUT2D eigenvalue weighted by Gasteiger charge is -2.17. The average molecular weight is 466 g/mol. The van der Waals surface area contributed by atoms with Crippen LogP contribution in [0, 0.1) is 0 Å². The van der Waals surface area contributed by atoms with Crippen LogP contribution in [0.1, 0.15) is 162 Å². The van der Waals surface area contributed by atoms with Gasteiger partial charge in [-0.15, -0.1) is 0 Å². The Balaban J connectivity index is 3.84. The fraction of sp³-hybridized carbons (Fsp3) is 0.867. The van der Waals surface area contributed by atoms with Gasteiger partial charge in [-0.2, -0.15) is 0 Å². The second-order valence-corrected chi connectivity index (χ2v) is 9.99. The second-order valence-electron chi connectivity index (χ2n) is 9.99. The minimum Gasteiger partial charge on any atom is -0.511 e. The third-order valence-corrected chi connectivity index (χ3v) is 6.47. The molecule has 0 aromatic rings. The first kappa shape index (κ1) is 31.9. The number of aliphatic hydroxyl groups is 2. The van der Waals surface area contributed by atoms with E-state index in [-0.39, 0.29) is 0 Å². The molecule has 0 heterocycles. The molecule has 0 radical (unpaired) electrons. The highest BCUT2D eigenvalue weighted by Gasteiger charge is 2.03. The quantitative estimate of drug-likeness (QED) is 0.104. The summed E-state index contributed by atoms with van der Waals surface area (Å²) in [6.45, 7) is 7.43. The van der Waals surface area contributed by atoms with Gasteiger partial charge in [-0.25, -0.2) is 0 Å². The van der Waals surface area contributed by atoms with Crippen LogP contribution < -0.4 is 0 Å². The smallest absolute Gasteiger partial charge is 0.108 e. The van der Waals surface area contributed by atoms with Gasteiger partial charge in [0.2, 0.25) is 0 Å². The molecule has 3 heteroatoms. The monoisotopic (exact) mass is 465 g/mol. The standard InChI is InChI=1S/C30H59NO2/c1-4-7-10-11-12-13-14-15-16-17-18-19-20-21-22-23-26-31(27-29(32)24-8-5-2)28-30(33)25-9-6-3/h27-28,32-33H,4-26H2,1-3H3. The van der Waals surface area contributed by atoms with Gasteiger partial charge in [0, 0.05) is 31.8 Å². The van der Waals surface area contributed by atoms with Gasteiger partial charge in [0.25, 0.3) is 0 Å². The van der Waals surface area contributed by atoms with Crippen LogP contribution in [0.15, 0.2) is 23.9 Å². The molecule has 0 atom stereocenters. The van der Waals surface area contributed by atoms with Crippen LogP contribution in [0.2, 0.25) is 0 Å². The molecular formula is C30H59NO2. The van der Waals surface area contributed by atoms with E-state index in [1.807, 2.05) is 17.3 Å². The molecule has 0 spiro atoms. The Bertz CT molecular complexity index is 434. The summed E-state index contributed by atoms with van der Waals surface area (Å²) in [5.41, 5.74) is 0. The van der Waals surface area contributed by atoms with E-state index in [4.69, 9.17) is 0 Å². The van der Waals surface area contributed by atoms with Crippen molar-refractivity contribution >= 4 is 0 Å². The van der Waals surface area contributed by atoms with Crippen LogP contribution in [-0.2, 0) is 0 Å². The summed E-state index contributed by atoms with van der Waals surface area (Å²) < 4.78 is 0. The molecule has 0 bridgehead atoms. The zero-order valence-corrected chi connectivity index (χ0v) is 22.8. The first-order valence-corrected chi connectivity index (χ1v) is 14.7. The van der Waals surface area contributed by atoms with Crippen molar-refractivity contribution in [1.82, 2.24) is 4.90 Å². The van der Waals surface area contributed by atoms with E-state index < -0.39 is 0 Å². The van der Waals surface area contributed by atoms with Gasteiger partial charge in [0.05, 0.1) is 0 Å². The van der Waals surface area contributed by atoms with Crippen LogP contribution in [0.3, 0.4) is 0 Å². The zero-order chi connectivity index (χ0) is 24.4. The van der Waals surface area contributed by atoms with Gasteiger partial charge >= 0.3 is 0 Å². The van der Waals surface area contributed by atoms with Gasteiger partial charge in [0.1, 0.15) is 11.5 Å². The SMILES string of the molecule is CCCCCCCCCCCCCCCCCCN(C=C(O)CCCC)C=C(O)CCCC. The van der Waals surface area contributed by atoms with Crippen LogP contribution >= 0.6 is 0 Å². The Morgan fingerprint density at radius 3 is 1.09 bits per heavy atom. The number of unbranched alkanes of at least 4 members (excludes halogenated alkanes) is 17. The van der Waals surface area contributed by atoms with E-state index in [9.17, 15) is 10.2 Å². The number of allylic oxidation sites excluding steroid dienone is 2. The molecule has 0 saturated carbocycles. The van der Waals surface area contributed by atoms with Crippen molar-refractivity contribution in [2.24, 2.45) is 0 Å². The first-order valence-electron chi connectivity index (χ1n) is 14.7. The van der Waals surface area contributed by atoms with Crippen molar-refractivity contribution in [2.45, 2.75) is 162 Å². The molecule has 0 rings (SSSR count). The molecule has 33 heavy (non-hydrogen) atoms. The van der Waals surface area contributed by atoms with Crippen LogP contribution in [0.4, 0.5) is 0 Å². The molecule has 0 amide bonds. The maximum atomic E-state index is 10.2. The highest BCUT2D eigenvalue weighted by atomic mass is 16.3. The number of nitrogens with zero attached hydrogens (tertiary/aromatic N) is 1. The van der Waals surface area contributed by atoms with E-state index >= 15 is 0 Å². The van der Waals surface area contributed by atoms with E-state index in [1.54, 1.807) is 0 Å². The lowest BCUT2D eigenvalue weighted by Crippen LogP contribution is -2.14. The summed E-state index contributed by atoms with van der Waals surface area (Å²) in [6.07, 6.45) is 31.2. The average Bonchev–Trinajstić information content (AvgIpc) is 2.81. The largest absolute Gasteiger partial charge is 0.511 e. The summed E-state index contributed by atoms with van der Waals surface area (Å²) in [5, 5.41) is 20.4. The summed E-state index contributed by atoms with van der Waals surface area (Å²) in [4.78, 5) is 2.00. The highest BCUT2D eigenvalue weighted by molar-refractivity contribution is 4.99. The van der Waals surface area contributed by atoms with Crippen LogP contribution in [0.25, 0.3) is 0 Å². The van der Waals surface area contributed by atoms with Crippen LogP contribution in [0.5, 0.6) is 0 Å². The lowest BCUT2D eigenvalue weighted by atomic mass is 10.0. The van der Waals surface area contributed by atoms with Gasteiger partial charge < -0.3 is 15.1 Å². The van der Waals surface area contributed by atoms with Crippen molar-refractivity contribution in [3.63, 3.8) is 0 Å².